The van der Waals surface area contributed by atoms with Crippen LogP contribution in [0.4, 0.5) is 8.78 Å². The van der Waals surface area contributed by atoms with E-state index in [4.69, 9.17) is 6.57 Å². The zero-order valence-corrected chi connectivity index (χ0v) is 6.32. The van der Waals surface area contributed by atoms with Crippen LogP contribution in [-0.2, 0) is 0 Å². The van der Waals surface area contributed by atoms with E-state index in [0.29, 0.717) is 19.3 Å². The van der Waals surface area contributed by atoms with Crippen molar-refractivity contribution in [3.63, 3.8) is 0 Å². The lowest BCUT2D eigenvalue weighted by molar-refractivity contribution is -0.0379. The van der Waals surface area contributed by atoms with E-state index in [1.807, 2.05) is 0 Å². The Morgan fingerprint density at radius 1 is 1.55 bits per heavy atom. The van der Waals surface area contributed by atoms with Gasteiger partial charge in [-0.2, -0.15) is 0 Å². The van der Waals surface area contributed by atoms with Crippen molar-refractivity contribution in [1.82, 2.24) is 0 Å². The van der Waals surface area contributed by atoms with Crippen molar-refractivity contribution in [3.8, 4) is 0 Å². The summed E-state index contributed by atoms with van der Waals surface area (Å²) in [4.78, 5) is 3.08. The van der Waals surface area contributed by atoms with Crippen LogP contribution in [0, 0.1) is 12.5 Å². The van der Waals surface area contributed by atoms with E-state index in [1.54, 1.807) is 0 Å². The van der Waals surface area contributed by atoms with E-state index >= 15 is 0 Å². The van der Waals surface area contributed by atoms with Gasteiger partial charge in [0.25, 0.3) is 5.92 Å². The van der Waals surface area contributed by atoms with Crippen molar-refractivity contribution in [2.75, 3.05) is 6.54 Å². The molecule has 62 valence electrons. The summed E-state index contributed by atoms with van der Waals surface area (Å²) in [5.41, 5.74) is 0. The molecule has 1 aliphatic rings. The lowest BCUT2D eigenvalue weighted by atomic mass is 10.0. The van der Waals surface area contributed by atoms with Gasteiger partial charge in [0.15, 0.2) is 0 Å². The van der Waals surface area contributed by atoms with Gasteiger partial charge in [0.05, 0.1) is 0 Å². The molecule has 0 aromatic rings. The molecule has 0 bridgehead atoms. The van der Waals surface area contributed by atoms with Gasteiger partial charge < -0.3 is 4.85 Å². The fraction of sp³-hybridized carbons (Fsp3) is 0.875. The molecule has 1 aliphatic carbocycles. The van der Waals surface area contributed by atoms with Crippen molar-refractivity contribution in [2.45, 2.75) is 31.6 Å². The highest BCUT2D eigenvalue weighted by Crippen LogP contribution is 2.41. The summed E-state index contributed by atoms with van der Waals surface area (Å²) < 4.78 is 25.7. The van der Waals surface area contributed by atoms with Gasteiger partial charge in [-0.05, 0) is 12.8 Å². The minimum atomic E-state index is -2.48. The molecule has 1 saturated carbocycles. The SMILES string of the molecule is [C-]#[N+]CCC1CCCC1(F)F. The standard InChI is InChI=1S/C8H11F2N/c1-11-6-4-7-3-2-5-8(7,9)10/h7H,2-6H2. The first-order valence-corrected chi connectivity index (χ1v) is 3.88. The van der Waals surface area contributed by atoms with Gasteiger partial charge in [0, 0.05) is 18.8 Å². The minimum absolute atomic E-state index is 0.0235. The molecule has 0 N–H and O–H groups in total. The first kappa shape index (κ1) is 8.45. The Morgan fingerprint density at radius 3 is 2.73 bits per heavy atom. The van der Waals surface area contributed by atoms with Crippen molar-refractivity contribution >= 4 is 0 Å². The van der Waals surface area contributed by atoms with Gasteiger partial charge >= 0.3 is 0 Å². The maximum Gasteiger partial charge on any atom is 0.251 e. The predicted octanol–water partition coefficient (Wildman–Crippen LogP) is 2.73. The first-order chi connectivity index (χ1) is 5.17. The third-order valence-electron chi connectivity index (χ3n) is 2.25. The number of alkyl halides is 2. The first-order valence-electron chi connectivity index (χ1n) is 3.88. The fourth-order valence-electron chi connectivity index (χ4n) is 1.58. The number of hydrogen-bond acceptors (Lipinski definition) is 0. The van der Waals surface area contributed by atoms with Crippen LogP contribution < -0.4 is 0 Å². The Morgan fingerprint density at radius 2 is 2.27 bits per heavy atom. The van der Waals surface area contributed by atoms with Crippen LogP contribution in [0.25, 0.3) is 4.85 Å². The Bertz CT molecular complexity index is 171. The lowest BCUT2D eigenvalue weighted by Crippen LogP contribution is -2.21. The molecule has 0 radical (unpaired) electrons. The molecule has 0 aromatic carbocycles. The predicted molar refractivity (Wildman–Crippen MR) is 38.4 cm³/mol. The second-order valence-corrected chi connectivity index (χ2v) is 3.02. The Kier molecular flexibility index (Phi) is 2.43. The molecule has 0 amide bonds. The van der Waals surface area contributed by atoms with Crippen molar-refractivity contribution < 1.29 is 8.78 Å². The quantitative estimate of drug-likeness (QED) is 0.545. The van der Waals surface area contributed by atoms with Crippen LogP contribution in [0.5, 0.6) is 0 Å². The van der Waals surface area contributed by atoms with Gasteiger partial charge in [-0.15, -0.1) is 0 Å². The number of halogens is 2. The number of nitrogens with zero attached hydrogens (tertiary/aromatic N) is 1. The maximum absolute atomic E-state index is 12.8. The molecule has 3 heteroatoms. The third kappa shape index (κ3) is 1.89. The average molecular weight is 159 g/mol. The lowest BCUT2D eigenvalue weighted by Gasteiger charge is -2.15. The molecular formula is C8H11F2N. The van der Waals surface area contributed by atoms with Gasteiger partial charge in [0.1, 0.15) is 0 Å². The number of rotatable bonds is 2. The van der Waals surface area contributed by atoms with Gasteiger partial charge in [0.2, 0.25) is 6.54 Å². The maximum atomic E-state index is 12.8. The van der Waals surface area contributed by atoms with E-state index in [9.17, 15) is 8.78 Å². The highest BCUT2D eigenvalue weighted by Gasteiger charge is 2.43. The number of hydrogen-bond donors (Lipinski definition) is 0. The van der Waals surface area contributed by atoms with Crippen LogP contribution in [0.2, 0.25) is 0 Å². The second kappa shape index (κ2) is 3.17. The molecule has 0 heterocycles. The molecular weight excluding hydrogens is 148 g/mol. The Hall–Kier alpha value is -0.650. The highest BCUT2D eigenvalue weighted by molar-refractivity contribution is 4.85. The summed E-state index contributed by atoms with van der Waals surface area (Å²) >= 11 is 0. The molecule has 0 spiro atoms. The average Bonchev–Trinajstić information content (AvgIpc) is 2.25. The molecule has 11 heavy (non-hydrogen) atoms. The monoisotopic (exact) mass is 159 g/mol. The molecule has 0 saturated heterocycles. The zero-order chi connectivity index (χ0) is 8.32. The fourth-order valence-corrected chi connectivity index (χ4v) is 1.58. The molecule has 1 fully saturated rings. The zero-order valence-electron chi connectivity index (χ0n) is 6.32. The Balaban J connectivity index is 2.40. The van der Waals surface area contributed by atoms with E-state index in [-0.39, 0.29) is 13.0 Å². The topological polar surface area (TPSA) is 4.36 Å². The summed E-state index contributed by atoms with van der Waals surface area (Å²) in [5.74, 6) is -3.00. The summed E-state index contributed by atoms with van der Waals surface area (Å²) in [6.07, 6.45) is 1.62. The summed E-state index contributed by atoms with van der Waals surface area (Å²) in [7, 11) is 0. The Labute approximate surface area is 65.2 Å². The van der Waals surface area contributed by atoms with E-state index < -0.39 is 11.8 Å². The van der Waals surface area contributed by atoms with Crippen molar-refractivity contribution in [1.29, 1.82) is 0 Å². The van der Waals surface area contributed by atoms with Crippen LogP contribution in [0.15, 0.2) is 0 Å². The van der Waals surface area contributed by atoms with Gasteiger partial charge in [-0.3, -0.25) is 0 Å². The minimum Gasteiger partial charge on any atom is -0.317 e. The summed E-state index contributed by atoms with van der Waals surface area (Å²) in [6.45, 7) is 6.73. The highest BCUT2D eigenvalue weighted by atomic mass is 19.3. The summed E-state index contributed by atoms with van der Waals surface area (Å²) in [5, 5.41) is 0. The normalized spacial score (nSPS) is 28.3. The van der Waals surface area contributed by atoms with E-state index in [0.717, 1.165) is 0 Å². The largest absolute Gasteiger partial charge is 0.317 e. The summed E-state index contributed by atoms with van der Waals surface area (Å²) in [6, 6.07) is 0. The van der Waals surface area contributed by atoms with E-state index in [1.165, 1.54) is 0 Å². The third-order valence-corrected chi connectivity index (χ3v) is 2.25. The van der Waals surface area contributed by atoms with E-state index in [2.05, 4.69) is 4.85 Å². The molecule has 1 unspecified atom stereocenters. The van der Waals surface area contributed by atoms with Crippen molar-refractivity contribution in [2.24, 2.45) is 5.92 Å². The second-order valence-electron chi connectivity index (χ2n) is 3.02. The molecule has 1 nitrogen and oxygen atoms in total. The van der Waals surface area contributed by atoms with Gasteiger partial charge in [-0.25, -0.2) is 15.4 Å². The smallest absolute Gasteiger partial charge is 0.251 e. The molecule has 1 atom stereocenters. The van der Waals surface area contributed by atoms with Gasteiger partial charge in [-0.1, -0.05) is 0 Å². The van der Waals surface area contributed by atoms with Crippen molar-refractivity contribution in [3.05, 3.63) is 11.4 Å². The van der Waals surface area contributed by atoms with Crippen LogP contribution in [-0.4, -0.2) is 12.5 Å². The van der Waals surface area contributed by atoms with Crippen LogP contribution in [0.3, 0.4) is 0 Å². The van der Waals surface area contributed by atoms with Crippen LogP contribution >= 0.6 is 0 Å². The molecule has 0 aliphatic heterocycles. The molecule has 1 rings (SSSR count). The molecule has 0 aromatic heterocycles. The van der Waals surface area contributed by atoms with Crippen LogP contribution in [0.1, 0.15) is 25.7 Å².